The second kappa shape index (κ2) is 3.10. The average molecular weight is 163 g/mol. The number of hydrogen-bond acceptors (Lipinski definition) is 4. The van der Waals surface area contributed by atoms with E-state index in [1.54, 1.807) is 0 Å². The summed E-state index contributed by atoms with van der Waals surface area (Å²) in [6.07, 6.45) is -2.10. The third-order valence-electron chi connectivity index (χ3n) is 1.78. The Morgan fingerprint density at radius 1 is 1.73 bits per heavy atom. The third-order valence-corrected chi connectivity index (χ3v) is 1.78. The lowest BCUT2D eigenvalue weighted by Crippen LogP contribution is -2.59. The van der Waals surface area contributed by atoms with E-state index in [0.717, 1.165) is 0 Å². The first kappa shape index (κ1) is 8.35. The van der Waals surface area contributed by atoms with Gasteiger partial charge in [0, 0.05) is 4.92 Å². The Kier molecular flexibility index (Phi) is 2.35. The highest BCUT2D eigenvalue weighted by Gasteiger charge is 2.40. The molecule has 6 heteroatoms. The molecule has 3 atom stereocenters. The lowest BCUT2D eigenvalue weighted by atomic mass is 10.0. The molecule has 0 aromatic heterocycles. The smallest absolute Gasteiger partial charge is 0.271 e. The van der Waals surface area contributed by atoms with Crippen molar-refractivity contribution in [1.82, 2.24) is 5.32 Å². The molecule has 0 aliphatic carbocycles. The minimum absolute atomic E-state index is 0.166. The van der Waals surface area contributed by atoms with Crippen LogP contribution in [-0.2, 0) is 0 Å². The van der Waals surface area contributed by atoms with Crippen molar-refractivity contribution >= 4 is 0 Å². The second-order valence-electron chi connectivity index (χ2n) is 2.56. The number of nitrogens with two attached hydrogens (primary N) is 1. The molecule has 0 aromatic carbocycles. The van der Waals surface area contributed by atoms with Gasteiger partial charge in [-0.3, -0.25) is 15.4 Å². The van der Waals surface area contributed by atoms with Crippen molar-refractivity contribution in [3.05, 3.63) is 10.1 Å². The normalized spacial score (nSPS) is 38.5. The van der Waals surface area contributed by atoms with E-state index >= 15 is 0 Å². The highest BCUT2D eigenvalue weighted by molar-refractivity contribution is 4.83. The first-order valence-electron chi connectivity index (χ1n) is 3.39. The molecule has 3 unspecified atom stereocenters. The summed E-state index contributed by atoms with van der Waals surface area (Å²) in [5.41, 5.74) is 5.28. The molecule has 1 aliphatic heterocycles. The summed E-state index contributed by atoms with van der Waals surface area (Å²) in [5, 5.41) is 12.9. The molecular weight excluding hydrogens is 153 g/mol. The molecule has 5 nitrogen and oxygen atoms in total. The maximum atomic E-state index is 12.8. The largest absolute Gasteiger partial charge is 0.310 e. The predicted octanol–water partition coefficient (Wildman–Crippen LogP) is -0.752. The number of rotatable bonds is 1. The van der Waals surface area contributed by atoms with Gasteiger partial charge >= 0.3 is 0 Å². The number of nitrogens with one attached hydrogen (secondary N) is 1. The average Bonchev–Trinajstić information content (AvgIpc) is 1.85. The molecule has 1 rings (SSSR count). The maximum absolute atomic E-state index is 12.8. The fourth-order valence-electron chi connectivity index (χ4n) is 1.17. The van der Waals surface area contributed by atoms with Gasteiger partial charge in [0.1, 0.15) is 6.17 Å². The third kappa shape index (κ3) is 1.63. The molecule has 0 aromatic rings. The molecular formula is C5H10FN3O2. The predicted molar refractivity (Wildman–Crippen MR) is 36.3 cm³/mol. The minimum atomic E-state index is -1.42. The zero-order chi connectivity index (χ0) is 8.43. The van der Waals surface area contributed by atoms with E-state index in [9.17, 15) is 14.5 Å². The number of nitro groups is 1. The molecule has 1 fully saturated rings. The zero-order valence-corrected chi connectivity index (χ0v) is 5.87. The summed E-state index contributed by atoms with van der Waals surface area (Å²) < 4.78 is 12.8. The van der Waals surface area contributed by atoms with Gasteiger partial charge in [-0.25, -0.2) is 4.39 Å². The lowest BCUT2D eigenvalue weighted by Gasteiger charge is -2.25. The Morgan fingerprint density at radius 2 is 2.36 bits per heavy atom. The van der Waals surface area contributed by atoms with Gasteiger partial charge in [0.25, 0.3) is 6.04 Å². The number of hydrogen-bond donors (Lipinski definition) is 2. The fourth-order valence-corrected chi connectivity index (χ4v) is 1.17. The van der Waals surface area contributed by atoms with E-state index in [-0.39, 0.29) is 6.42 Å². The molecule has 0 radical (unpaired) electrons. The SMILES string of the molecule is NC1NCCC(F)C1[N+](=O)[O-]. The summed E-state index contributed by atoms with van der Waals surface area (Å²) in [6.45, 7) is 0.409. The summed E-state index contributed by atoms with van der Waals surface area (Å²) in [6, 6.07) is -1.29. The Balaban J connectivity index is 2.62. The number of halogens is 1. The van der Waals surface area contributed by atoms with Crippen LogP contribution in [0.2, 0.25) is 0 Å². The van der Waals surface area contributed by atoms with Crippen molar-refractivity contribution in [3.63, 3.8) is 0 Å². The van der Waals surface area contributed by atoms with Crippen LogP contribution < -0.4 is 11.1 Å². The van der Waals surface area contributed by atoms with Crippen molar-refractivity contribution in [1.29, 1.82) is 0 Å². The molecule has 3 N–H and O–H groups in total. The van der Waals surface area contributed by atoms with Crippen LogP contribution in [0.1, 0.15) is 6.42 Å². The van der Waals surface area contributed by atoms with E-state index < -0.39 is 23.3 Å². The summed E-state index contributed by atoms with van der Waals surface area (Å²) in [5.74, 6) is 0. The van der Waals surface area contributed by atoms with Crippen LogP contribution in [0.5, 0.6) is 0 Å². The summed E-state index contributed by atoms with van der Waals surface area (Å²) in [7, 11) is 0. The number of alkyl halides is 1. The van der Waals surface area contributed by atoms with Crippen molar-refractivity contribution in [3.8, 4) is 0 Å². The van der Waals surface area contributed by atoms with Gasteiger partial charge in [-0.05, 0) is 13.0 Å². The Hall–Kier alpha value is -0.750. The first-order chi connectivity index (χ1) is 5.13. The Morgan fingerprint density at radius 3 is 2.73 bits per heavy atom. The van der Waals surface area contributed by atoms with Crippen LogP contribution >= 0.6 is 0 Å². The van der Waals surface area contributed by atoms with E-state index in [0.29, 0.717) is 6.54 Å². The number of nitrogens with zero attached hydrogens (tertiary/aromatic N) is 1. The monoisotopic (exact) mass is 163 g/mol. The van der Waals surface area contributed by atoms with Crippen LogP contribution in [0.25, 0.3) is 0 Å². The maximum Gasteiger partial charge on any atom is 0.271 e. The highest BCUT2D eigenvalue weighted by atomic mass is 19.1. The second-order valence-corrected chi connectivity index (χ2v) is 2.56. The fraction of sp³-hybridized carbons (Fsp3) is 1.00. The molecule has 0 spiro atoms. The van der Waals surface area contributed by atoms with Crippen LogP contribution in [0.4, 0.5) is 4.39 Å². The van der Waals surface area contributed by atoms with E-state index in [1.807, 2.05) is 0 Å². The highest BCUT2D eigenvalue weighted by Crippen LogP contribution is 2.13. The van der Waals surface area contributed by atoms with E-state index in [2.05, 4.69) is 5.32 Å². The van der Waals surface area contributed by atoms with Crippen LogP contribution in [0.3, 0.4) is 0 Å². The van der Waals surface area contributed by atoms with Crippen LogP contribution in [0, 0.1) is 10.1 Å². The van der Waals surface area contributed by atoms with Gasteiger partial charge in [-0.2, -0.15) is 0 Å². The molecule has 11 heavy (non-hydrogen) atoms. The Bertz CT molecular complexity index is 156. The minimum Gasteiger partial charge on any atom is -0.310 e. The molecule has 0 amide bonds. The Labute approximate surface area is 62.9 Å². The topological polar surface area (TPSA) is 81.2 Å². The van der Waals surface area contributed by atoms with Gasteiger partial charge in [0.05, 0.1) is 0 Å². The van der Waals surface area contributed by atoms with Crippen molar-refractivity contribution in [2.75, 3.05) is 6.54 Å². The standard InChI is InChI=1S/C5H10FN3O2/c6-3-1-2-8-5(7)4(3)9(10)11/h3-5,8H,1-2,7H2. The van der Waals surface area contributed by atoms with Crippen molar-refractivity contribution in [2.45, 2.75) is 24.8 Å². The molecule has 64 valence electrons. The molecule has 1 aliphatic rings. The van der Waals surface area contributed by atoms with Gasteiger partial charge < -0.3 is 5.73 Å². The van der Waals surface area contributed by atoms with Crippen LogP contribution in [-0.4, -0.2) is 29.8 Å². The van der Waals surface area contributed by atoms with Gasteiger partial charge in [-0.1, -0.05) is 0 Å². The summed E-state index contributed by atoms with van der Waals surface area (Å²) >= 11 is 0. The first-order valence-corrected chi connectivity index (χ1v) is 3.39. The van der Waals surface area contributed by atoms with E-state index in [1.165, 1.54) is 0 Å². The van der Waals surface area contributed by atoms with Crippen molar-refractivity contribution in [2.24, 2.45) is 5.73 Å². The van der Waals surface area contributed by atoms with E-state index in [4.69, 9.17) is 5.73 Å². The molecule has 0 saturated carbocycles. The summed E-state index contributed by atoms with van der Waals surface area (Å²) in [4.78, 5) is 9.56. The zero-order valence-electron chi connectivity index (χ0n) is 5.87. The molecule has 1 heterocycles. The van der Waals surface area contributed by atoms with Crippen molar-refractivity contribution < 1.29 is 9.31 Å². The lowest BCUT2D eigenvalue weighted by molar-refractivity contribution is -0.537. The van der Waals surface area contributed by atoms with Gasteiger partial charge in [-0.15, -0.1) is 0 Å². The molecule has 0 bridgehead atoms. The quantitative estimate of drug-likeness (QED) is 0.393. The van der Waals surface area contributed by atoms with Gasteiger partial charge in [0.2, 0.25) is 0 Å². The van der Waals surface area contributed by atoms with Gasteiger partial charge in [0.15, 0.2) is 6.17 Å². The van der Waals surface area contributed by atoms with Crippen LogP contribution in [0.15, 0.2) is 0 Å². The number of piperidine rings is 1. The molecule has 1 saturated heterocycles.